The molecule has 1 aromatic rings. The summed E-state index contributed by atoms with van der Waals surface area (Å²) in [7, 11) is -3.51. The first-order chi connectivity index (χ1) is 9.63. The van der Waals surface area contributed by atoms with Gasteiger partial charge >= 0.3 is 0 Å². The fraction of sp³-hybridized carbons (Fsp3) is 0.615. The molecule has 2 rings (SSSR count). The number of likely N-dealkylation sites (tertiary alicyclic amines) is 1. The summed E-state index contributed by atoms with van der Waals surface area (Å²) >= 11 is 0. The summed E-state index contributed by atoms with van der Waals surface area (Å²) in [4.78, 5) is 6.40. The van der Waals surface area contributed by atoms with E-state index in [0.29, 0.717) is 18.8 Å². The van der Waals surface area contributed by atoms with E-state index in [4.69, 9.17) is 0 Å². The summed E-state index contributed by atoms with van der Waals surface area (Å²) < 4.78 is 27.2. The van der Waals surface area contributed by atoms with Gasteiger partial charge in [0.1, 0.15) is 4.90 Å². The molecule has 0 bridgehead atoms. The third-order valence-electron chi connectivity index (χ3n) is 3.36. The Kier molecular flexibility index (Phi) is 5.33. The van der Waals surface area contributed by atoms with Crippen LogP contribution in [0.2, 0.25) is 0 Å². The fourth-order valence-corrected chi connectivity index (χ4v) is 3.50. The number of nitrogens with one attached hydrogen (secondary N) is 2. The van der Waals surface area contributed by atoms with Crippen LogP contribution in [0.15, 0.2) is 23.4 Å². The molecule has 0 aliphatic carbocycles. The van der Waals surface area contributed by atoms with Crippen LogP contribution < -0.4 is 10.0 Å². The molecule has 20 heavy (non-hydrogen) atoms. The van der Waals surface area contributed by atoms with Crippen molar-refractivity contribution in [2.24, 2.45) is 0 Å². The molecular formula is C13H22N4O2S. The van der Waals surface area contributed by atoms with Crippen LogP contribution in [0.25, 0.3) is 0 Å². The highest BCUT2D eigenvalue weighted by atomic mass is 32.2. The minimum Gasteiger partial charge on any atom is -0.384 e. The van der Waals surface area contributed by atoms with Crippen LogP contribution in [0.4, 0.5) is 5.69 Å². The fourth-order valence-electron chi connectivity index (χ4n) is 2.35. The molecule has 112 valence electrons. The van der Waals surface area contributed by atoms with Gasteiger partial charge in [-0.1, -0.05) is 0 Å². The Morgan fingerprint density at radius 2 is 2.10 bits per heavy atom. The molecule has 0 saturated carbocycles. The molecule has 1 aliphatic heterocycles. The van der Waals surface area contributed by atoms with Gasteiger partial charge in [0.05, 0.1) is 5.69 Å². The number of rotatable bonds is 7. The first kappa shape index (κ1) is 15.2. The minimum absolute atomic E-state index is 0.211. The average Bonchev–Trinajstić information content (AvgIpc) is 2.92. The number of hydrogen-bond donors (Lipinski definition) is 2. The summed E-state index contributed by atoms with van der Waals surface area (Å²) in [6.07, 6.45) is 5.39. The zero-order chi connectivity index (χ0) is 14.4. The van der Waals surface area contributed by atoms with Crippen LogP contribution in [0, 0.1) is 0 Å². The Morgan fingerprint density at radius 1 is 1.35 bits per heavy atom. The standard InChI is InChI=1S/C13H22N4O2S/c1-2-15-12-5-6-14-11-13(12)20(18,19)16-7-10-17-8-3-4-9-17/h5-6,11,16H,2-4,7-10H2,1H3,(H,14,15). The lowest BCUT2D eigenvalue weighted by atomic mass is 10.4. The van der Waals surface area contributed by atoms with Crippen molar-refractivity contribution >= 4 is 15.7 Å². The van der Waals surface area contributed by atoms with Crippen LogP contribution in [0.1, 0.15) is 19.8 Å². The smallest absolute Gasteiger partial charge is 0.244 e. The predicted molar refractivity (Wildman–Crippen MR) is 79.3 cm³/mol. The van der Waals surface area contributed by atoms with Crippen LogP contribution in [-0.4, -0.2) is 51.0 Å². The molecule has 0 amide bonds. The van der Waals surface area contributed by atoms with E-state index >= 15 is 0 Å². The SMILES string of the molecule is CCNc1ccncc1S(=O)(=O)NCCN1CCCC1. The average molecular weight is 298 g/mol. The van der Waals surface area contributed by atoms with Gasteiger partial charge in [0.15, 0.2) is 0 Å². The number of pyridine rings is 1. The molecule has 0 atom stereocenters. The second-order valence-electron chi connectivity index (χ2n) is 4.85. The molecule has 1 aromatic heterocycles. The molecule has 2 heterocycles. The molecule has 1 aliphatic rings. The number of hydrogen-bond acceptors (Lipinski definition) is 5. The van der Waals surface area contributed by atoms with Crippen molar-refractivity contribution in [2.75, 3.05) is 38.0 Å². The molecule has 0 spiro atoms. The van der Waals surface area contributed by atoms with Crippen molar-refractivity contribution in [3.05, 3.63) is 18.5 Å². The first-order valence-electron chi connectivity index (χ1n) is 7.03. The van der Waals surface area contributed by atoms with Crippen molar-refractivity contribution in [2.45, 2.75) is 24.7 Å². The lowest BCUT2D eigenvalue weighted by Crippen LogP contribution is -2.33. The van der Waals surface area contributed by atoms with Gasteiger partial charge in [0.2, 0.25) is 10.0 Å². The summed E-state index contributed by atoms with van der Waals surface area (Å²) in [6, 6.07) is 1.68. The third kappa shape index (κ3) is 3.91. The van der Waals surface area contributed by atoms with Gasteiger partial charge in [-0.15, -0.1) is 0 Å². The second kappa shape index (κ2) is 7.01. The molecule has 2 N–H and O–H groups in total. The Balaban J connectivity index is 1.98. The Hall–Kier alpha value is -1.18. The number of aromatic nitrogens is 1. The van der Waals surface area contributed by atoms with Gasteiger partial charge in [-0.2, -0.15) is 0 Å². The highest BCUT2D eigenvalue weighted by molar-refractivity contribution is 7.89. The van der Waals surface area contributed by atoms with E-state index in [0.717, 1.165) is 19.6 Å². The maximum atomic E-state index is 12.3. The largest absolute Gasteiger partial charge is 0.384 e. The maximum absolute atomic E-state index is 12.3. The van der Waals surface area contributed by atoms with E-state index in [9.17, 15) is 8.42 Å². The van der Waals surface area contributed by atoms with Gasteiger partial charge in [-0.05, 0) is 38.9 Å². The second-order valence-corrected chi connectivity index (χ2v) is 6.58. The minimum atomic E-state index is -3.51. The van der Waals surface area contributed by atoms with Crippen molar-refractivity contribution < 1.29 is 8.42 Å². The molecule has 0 radical (unpaired) electrons. The maximum Gasteiger partial charge on any atom is 0.244 e. The predicted octanol–water partition coefficient (Wildman–Crippen LogP) is 0.887. The summed E-state index contributed by atoms with van der Waals surface area (Å²) in [5.41, 5.74) is 0.594. The number of anilines is 1. The van der Waals surface area contributed by atoms with Gasteiger partial charge in [0, 0.05) is 32.0 Å². The van der Waals surface area contributed by atoms with Crippen LogP contribution in [-0.2, 0) is 10.0 Å². The Bertz CT molecular complexity index is 527. The summed E-state index contributed by atoms with van der Waals surface area (Å²) in [5.74, 6) is 0. The van der Waals surface area contributed by atoms with Gasteiger partial charge < -0.3 is 10.2 Å². The Morgan fingerprint density at radius 3 is 2.80 bits per heavy atom. The quantitative estimate of drug-likeness (QED) is 0.782. The van der Waals surface area contributed by atoms with Gasteiger partial charge in [-0.3, -0.25) is 4.98 Å². The van der Waals surface area contributed by atoms with Crippen molar-refractivity contribution in [1.29, 1.82) is 0 Å². The number of nitrogens with zero attached hydrogens (tertiary/aromatic N) is 2. The van der Waals surface area contributed by atoms with Crippen molar-refractivity contribution in [1.82, 2.24) is 14.6 Å². The number of sulfonamides is 1. The topological polar surface area (TPSA) is 74.3 Å². The molecular weight excluding hydrogens is 276 g/mol. The van der Waals surface area contributed by atoms with Gasteiger partial charge in [0.25, 0.3) is 0 Å². The third-order valence-corrected chi connectivity index (χ3v) is 4.85. The van der Waals surface area contributed by atoms with Crippen LogP contribution in [0.5, 0.6) is 0 Å². The zero-order valence-corrected chi connectivity index (χ0v) is 12.6. The summed E-state index contributed by atoms with van der Waals surface area (Å²) in [5, 5.41) is 3.04. The lowest BCUT2D eigenvalue weighted by molar-refractivity contribution is 0.344. The van der Waals surface area contributed by atoms with Crippen LogP contribution >= 0.6 is 0 Å². The first-order valence-corrected chi connectivity index (χ1v) is 8.51. The lowest BCUT2D eigenvalue weighted by Gasteiger charge is -2.16. The molecule has 1 saturated heterocycles. The van der Waals surface area contributed by atoms with Crippen LogP contribution in [0.3, 0.4) is 0 Å². The van der Waals surface area contributed by atoms with Gasteiger partial charge in [-0.25, -0.2) is 13.1 Å². The normalized spacial score (nSPS) is 16.4. The van der Waals surface area contributed by atoms with E-state index in [1.165, 1.54) is 19.0 Å². The van der Waals surface area contributed by atoms with E-state index in [1.54, 1.807) is 12.3 Å². The van der Waals surface area contributed by atoms with Crippen molar-refractivity contribution in [3.63, 3.8) is 0 Å². The van der Waals surface area contributed by atoms with E-state index in [1.807, 2.05) is 6.92 Å². The highest BCUT2D eigenvalue weighted by Gasteiger charge is 2.19. The molecule has 0 aromatic carbocycles. The zero-order valence-electron chi connectivity index (χ0n) is 11.8. The molecule has 0 unspecified atom stereocenters. The highest BCUT2D eigenvalue weighted by Crippen LogP contribution is 2.18. The van der Waals surface area contributed by atoms with E-state index in [2.05, 4.69) is 19.9 Å². The summed E-state index contributed by atoms with van der Waals surface area (Å²) in [6.45, 7) is 5.92. The Labute approximate surface area is 120 Å². The van der Waals surface area contributed by atoms with Crippen molar-refractivity contribution in [3.8, 4) is 0 Å². The molecule has 6 nitrogen and oxygen atoms in total. The molecule has 1 fully saturated rings. The van der Waals surface area contributed by atoms with E-state index in [-0.39, 0.29) is 4.90 Å². The molecule has 7 heteroatoms. The van der Waals surface area contributed by atoms with E-state index < -0.39 is 10.0 Å². The monoisotopic (exact) mass is 298 g/mol.